The van der Waals surface area contributed by atoms with E-state index >= 15 is 0 Å². The van der Waals surface area contributed by atoms with E-state index in [4.69, 9.17) is 14.6 Å². The molecule has 138 valence electrons. The third-order valence-corrected chi connectivity index (χ3v) is 4.99. The van der Waals surface area contributed by atoms with Crippen LogP contribution < -0.4 is 14.4 Å². The van der Waals surface area contributed by atoms with Gasteiger partial charge in [-0.25, -0.2) is 19.7 Å². The van der Waals surface area contributed by atoms with Gasteiger partial charge in [0.25, 0.3) is 0 Å². The van der Waals surface area contributed by atoms with Crippen molar-refractivity contribution in [2.24, 2.45) is 0 Å². The number of ether oxygens (including phenoxy) is 2. The summed E-state index contributed by atoms with van der Waals surface area (Å²) in [4.78, 5) is 25.6. The Morgan fingerprint density at radius 3 is 2.62 bits per heavy atom. The van der Waals surface area contributed by atoms with Crippen LogP contribution in [-0.2, 0) is 0 Å². The summed E-state index contributed by atoms with van der Waals surface area (Å²) in [6.45, 7) is 3.31. The lowest BCUT2D eigenvalue weighted by molar-refractivity contribution is 0.0683. The van der Waals surface area contributed by atoms with Crippen molar-refractivity contribution >= 4 is 27.7 Å². The molecule has 9 heteroatoms. The first kappa shape index (κ1) is 18.4. The molecule has 0 unspecified atom stereocenters. The molecule has 3 heterocycles. The molecule has 0 amide bonds. The minimum atomic E-state index is -1.14. The second-order valence-electron chi connectivity index (χ2n) is 5.93. The number of piperidine rings is 1. The Balaban J connectivity index is 1.65. The van der Waals surface area contributed by atoms with E-state index < -0.39 is 5.97 Å². The maximum absolute atomic E-state index is 11.2. The molecule has 26 heavy (non-hydrogen) atoms. The number of methoxy groups -OCH3 is 1. The molecule has 1 saturated heterocycles. The zero-order valence-corrected chi connectivity index (χ0v) is 16.1. The highest BCUT2D eigenvalue weighted by atomic mass is 79.9. The van der Waals surface area contributed by atoms with E-state index in [1.807, 2.05) is 13.0 Å². The summed E-state index contributed by atoms with van der Waals surface area (Å²) < 4.78 is 11.5. The summed E-state index contributed by atoms with van der Waals surface area (Å²) in [5.41, 5.74) is 0.828. The SMILES string of the molecule is COc1ccc(OC2CCN(c3nc(C(=O)O)nc(Br)c3C)CC2)cn1. The van der Waals surface area contributed by atoms with Gasteiger partial charge in [-0.05, 0) is 28.9 Å². The Bertz CT molecular complexity index is 792. The second kappa shape index (κ2) is 7.86. The maximum Gasteiger partial charge on any atom is 0.374 e. The number of rotatable bonds is 5. The Morgan fingerprint density at radius 2 is 2.04 bits per heavy atom. The van der Waals surface area contributed by atoms with Crippen LogP contribution in [0.2, 0.25) is 0 Å². The second-order valence-corrected chi connectivity index (χ2v) is 6.68. The first-order chi connectivity index (χ1) is 12.5. The van der Waals surface area contributed by atoms with Gasteiger partial charge in [0.05, 0.1) is 13.3 Å². The molecular formula is C17H19BrN4O4. The number of pyridine rings is 1. The van der Waals surface area contributed by atoms with Crippen molar-refractivity contribution in [2.45, 2.75) is 25.9 Å². The van der Waals surface area contributed by atoms with E-state index in [1.54, 1.807) is 19.4 Å². The van der Waals surface area contributed by atoms with Gasteiger partial charge in [0, 0.05) is 37.6 Å². The lowest BCUT2D eigenvalue weighted by atomic mass is 10.1. The van der Waals surface area contributed by atoms with Crippen LogP contribution in [0.25, 0.3) is 0 Å². The molecular weight excluding hydrogens is 404 g/mol. The molecule has 3 rings (SSSR count). The van der Waals surface area contributed by atoms with Crippen LogP contribution in [0.4, 0.5) is 5.82 Å². The van der Waals surface area contributed by atoms with Crippen LogP contribution in [-0.4, -0.2) is 52.3 Å². The number of aromatic nitrogens is 3. The van der Waals surface area contributed by atoms with Gasteiger partial charge in [-0.1, -0.05) is 0 Å². The van der Waals surface area contributed by atoms with Gasteiger partial charge in [-0.2, -0.15) is 0 Å². The van der Waals surface area contributed by atoms with Crippen molar-refractivity contribution in [2.75, 3.05) is 25.1 Å². The quantitative estimate of drug-likeness (QED) is 0.734. The molecule has 1 aliphatic heterocycles. The molecule has 1 fully saturated rings. The average Bonchev–Trinajstić information content (AvgIpc) is 2.65. The maximum atomic E-state index is 11.2. The lowest BCUT2D eigenvalue weighted by Crippen LogP contribution is -2.39. The van der Waals surface area contributed by atoms with Crippen molar-refractivity contribution in [3.05, 3.63) is 34.3 Å². The molecule has 0 bridgehead atoms. The number of anilines is 1. The summed E-state index contributed by atoms with van der Waals surface area (Å²) in [5.74, 6) is 0.552. The highest BCUT2D eigenvalue weighted by Gasteiger charge is 2.25. The predicted octanol–water partition coefficient (Wildman–Crippen LogP) is 2.70. The summed E-state index contributed by atoms with van der Waals surface area (Å²) in [6, 6.07) is 3.60. The molecule has 0 aliphatic carbocycles. The van der Waals surface area contributed by atoms with Gasteiger partial charge in [-0.15, -0.1) is 0 Å². The van der Waals surface area contributed by atoms with Crippen LogP contribution in [0.5, 0.6) is 11.6 Å². The molecule has 0 radical (unpaired) electrons. The normalized spacial score (nSPS) is 15.0. The fourth-order valence-corrected chi connectivity index (χ4v) is 3.16. The molecule has 2 aromatic rings. The Kier molecular flexibility index (Phi) is 5.55. The van der Waals surface area contributed by atoms with Crippen LogP contribution in [0, 0.1) is 6.92 Å². The van der Waals surface area contributed by atoms with Crippen molar-refractivity contribution in [1.82, 2.24) is 15.0 Å². The third-order valence-electron chi connectivity index (χ3n) is 4.21. The molecule has 1 N–H and O–H groups in total. The monoisotopic (exact) mass is 422 g/mol. The molecule has 0 aromatic carbocycles. The number of carbonyl (C=O) groups is 1. The van der Waals surface area contributed by atoms with Gasteiger partial charge in [0.1, 0.15) is 22.3 Å². The van der Waals surface area contributed by atoms with Crippen LogP contribution >= 0.6 is 15.9 Å². The van der Waals surface area contributed by atoms with Crippen molar-refractivity contribution < 1.29 is 19.4 Å². The summed E-state index contributed by atoms with van der Waals surface area (Å²) in [6.07, 6.45) is 3.33. The Morgan fingerprint density at radius 1 is 1.31 bits per heavy atom. The number of hydrogen-bond donors (Lipinski definition) is 1. The van der Waals surface area contributed by atoms with Gasteiger partial charge in [-0.3, -0.25) is 0 Å². The van der Waals surface area contributed by atoms with E-state index in [9.17, 15) is 4.79 Å². The van der Waals surface area contributed by atoms with E-state index in [1.165, 1.54) is 0 Å². The van der Waals surface area contributed by atoms with E-state index in [2.05, 4.69) is 35.8 Å². The number of halogens is 1. The average molecular weight is 423 g/mol. The number of nitrogens with zero attached hydrogens (tertiary/aromatic N) is 4. The zero-order chi connectivity index (χ0) is 18.7. The van der Waals surface area contributed by atoms with Crippen molar-refractivity contribution in [1.29, 1.82) is 0 Å². The van der Waals surface area contributed by atoms with Gasteiger partial charge >= 0.3 is 5.97 Å². The van der Waals surface area contributed by atoms with Crippen molar-refractivity contribution in [3.8, 4) is 11.6 Å². The summed E-state index contributed by atoms with van der Waals surface area (Å²) in [7, 11) is 1.57. The van der Waals surface area contributed by atoms with Crippen molar-refractivity contribution in [3.63, 3.8) is 0 Å². The standard InChI is InChI=1S/C17H19BrN4O4/c1-10-14(18)20-15(17(23)24)21-16(10)22-7-5-11(6-8-22)26-12-3-4-13(25-2)19-9-12/h3-4,9,11H,5-8H2,1-2H3,(H,23,24). The van der Waals surface area contributed by atoms with Crippen LogP contribution in [0.1, 0.15) is 29.0 Å². The largest absolute Gasteiger partial charge is 0.489 e. The highest BCUT2D eigenvalue weighted by molar-refractivity contribution is 9.10. The number of aromatic carboxylic acids is 1. The summed E-state index contributed by atoms with van der Waals surface area (Å²) >= 11 is 3.32. The molecule has 0 spiro atoms. The third kappa shape index (κ3) is 4.04. The summed E-state index contributed by atoms with van der Waals surface area (Å²) in [5, 5.41) is 9.17. The fourth-order valence-electron chi connectivity index (χ4n) is 2.82. The lowest BCUT2D eigenvalue weighted by Gasteiger charge is -2.33. The number of carboxylic acids is 1. The predicted molar refractivity (Wildman–Crippen MR) is 98.1 cm³/mol. The Labute approximate surface area is 159 Å². The smallest absolute Gasteiger partial charge is 0.374 e. The minimum Gasteiger partial charge on any atom is -0.489 e. The topological polar surface area (TPSA) is 97.7 Å². The molecule has 0 atom stereocenters. The Hall–Kier alpha value is -2.42. The molecule has 2 aromatic heterocycles. The highest BCUT2D eigenvalue weighted by Crippen LogP contribution is 2.28. The molecule has 0 saturated carbocycles. The zero-order valence-electron chi connectivity index (χ0n) is 14.5. The first-order valence-corrected chi connectivity index (χ1v) is 8.96. The minimum absolute atomic E-state index is 0.0750. The molecule has 1 aliphatic rings. The fraction of sp³-hybridized carbons (Fsp3) is 0.412. The number of carboxylic acid groups (broad SMARTS) is 1. The van der Waals surface area contributed by atoms with Gasteiger partial charge in [0.15, 0.2) is 0 Å². The molecule has 8 nitrogen and oxygen atoms in total. The van der Waals surface area contributed by atoms with Gasteiger partial charge in [0.2, 0.25) is 11.7 Å². The van der Waals surface area contributed by atoms with E-state index in [0.29, 0.717) is 22.1 Å². The van der Waals surface area contributed by atoms with Gasteiger partial charge < -0.3 is 19.5 Å². The first-order valence-electron chi connectivity index (χ1n) is 8.17. The van der Waals surface area contributed by atoms with E-state index in [0.717, 1.165) is 31.5 Å². The van der Waals surface area contributed by atoms with Crippen LogP contribution in [0.15, 0.2) is 22.9 Å². The van der Waals surface area contributed by atoms with E-state index in [-0.39, 0.29) is 11.9 Å². The van der Waals surface area contributed by atoms with Crippen LogP contribution in [0.3, 0.4) is 0 Å². The number of hydrogen-bond acceptors (Lipinski definition) is 7.